The number of hydrogen-bond donors (Lipinski definition) is 2. The van der Waals surface area contributed by atoms with Gasteiger partial charge in [-0.15, -0.1) is 0 Å². The fraction of sp³-hybridized carbons (Fsp3) is 0.167. The van der Waals surface area contributed by atoms with Crippen molar-refractivity contribution in [3.8, 4) is 0 Å². The summed E-state index contributed by atoms with van der Waals surface area (Å²) in [6.45, 7) is 0. The number of carboxylic acid groups (broad SMARTS) is 1. The molecule has 1 aromatic rings. The summed E-state index contributed by atoms with van der Waals surface area (Å²) in [6, 6.07) is 9.15. The van der Waals surface area contributed by atoms with Gasteiger partial charge in [0.25, 0.3) is 0 Å². The number of allylic oxidation sites excluding steroid dienone is 1. The largest absolute Gasteiger partial charge is 0.478 e. The van der Waals surface area contributed by atoms with Crippen LogP contribution in [0.15, 0.2) is 42.0 Å². The fourth-order valence-electron chi connectivity index (χ4n) is 1.24. The first-order valence-corrected chi connectivity index (χ1v) is 5.38. The molecule has 4 heteroatoms. The monoisotopic (exact) mass is 236 g/mol. The molecule has 84 valence electrons. The molecule has 0 heterocycles. The van der Waals surface area contributed by atoms with Gasteiger partial charge in [-0.25, -0.2) is 4.79 Å². The summed E-state index contributed by atoms with van der Waals surface area (Å²) in [4.78, 5) is 22.0. The molecule has 0 aliphatic rings. The molecule has 0 atom stereocenters. The molecule has 16 heavy (non-hydrogen) atoms. The first-order chi connectivity index (χ1) is 7.63. The highest BCUT2D eigenvalue weighted by Crippen LogP contribution is 2.08. The van der Waals surface area contributed by atoms with E-state index in [0.717, 1.165) is 11.6 Å². The van der Waals surface area contributed by atoms with E-state index in [1.165, 1.54) is 0 Å². The highest BCUT2D eigenvalue weighted by Gasteiger charge is 2.09. The summed E-state index contributed by atoms with van der Waals surface area (Å²) < 4.78 is 0. The Balaban J connectivity index is 2.85. The van der Waals surface area contributed by atoms with Crippen LogP contribution in [-0.2, 0) is 16.0 Å². The molecule has 1 N–H and O–H groups in total. The van der Waals surface area contributed by atoms with Crippen LogP contribution in [0.4, 0.5) is 0 Å². The number of benzene rings is 1. The van der Waals surface area contributed by atoms with Crippen LogP contribution in [0.2, 0.25) is 0 Å². The molecular weight excluding hydrogens is 224 g/mol. The SMILES string of the molecule is O=C(/C=C(/Cc1ccccc1)C(=O)O)CS. The summed E-state index contributed by atoms with van der Waals surface area (Å²) in [5.74, 6) is -1.35. The van der Waals surface area contributed by atoms with E-state index in [0.29, 0.717) is 0 Å². The summed E-state index contributed by atoms with van der Waals surface area (Å²) in [5, 5.41) is 8.93. The van der Waals surface area contributed by atoms with Gasteiger partial charge in [0.15, 0.2) is 5.78 Å². The third-order valence-electron chi connectivity index (χ3n) is 2.00. The minimum absolute atomic E-state index is 0.0194. The lowest BCUT2D eigenvalue weighted by molar-refractivity contribution is -0.133. The number of aliphatic carboxylic acids is 1. The molecule has 3 nitrogen and oxygen atoms in total. The Labute approximate surface area is 99.2 Å². The smallest absolute Gasteiger partial charge is 0.332 e. The van der Waals surface area contributed by atoms with Gasteiger partial charge in [0.05, 0.1) is 5.75 Å². The molecular formula is C12H12O3S. The van der Waals surface area contributed by atoms with Gasteiger partial charge in [-0.05, 0) is 11.6 Å². The number of rotatable bonds is 5. The Hall–Kier alpha value is -1.55. The molecule has 0 spiro atoms. The predicted octanol–water partition coefficient (Wildman–Crippen LogP) is 1.74. The van der Waals surface area contributed by atoms with E-state index >= 15 is 0 Å². The molecule has 1 aromatic carbocycles. The first-order valence-electron chi connectivity index (χ1n) is 4.75. The van der Waals surface area contributed by atoms with Gasteiger partial charge in [-0.2, -0.15) is 12.6 Å². The van der Waals surface area contributed by atoms with Crippen LogP contribution in [0.5, 0.6) is 0 Å². The van der Waals surface area contributed by atoms with Crippen molar-refractivity contribution >= 4 is 24.4 Å². The normalized spacial score (nSPS) is 11.2. The van der Waals surface area contributed by atoms with Gasteiger partial charge in [0.2, 0.25) is 0 Å². The molecule has 1 rings (SSSR count). The summed E-state index contributed by atoms with van der Waals surface area (Å²) in [6.07, 6.45) is 1.39. The Morgan fingerprint density at radius 3 is 2.38 bits per heavy atom. The van der Waals surface area contributed by atoms with Crippen molar-refractivity contribution in [1.82, 2.24) is 0 Å². The molecule has 0 saturated heterocycles. The van der Waals surface area contributed by atoms with Gasteiger partial charge in [-0.3, -0.25) is 4.79 Å². The zero-order valence-electron chi connectivity index (χ0n) is 8.59. The number of carboxylic acids is 1. The average Bonchev–Trinajstić information content (AvgIpc) is 2.29. The molecule has 0 fully saturated rings. The van der Waals surface area contributed by atoms with Crippen LogP contribution in [0, 0.1) is 0 Å². The fourth-order valence-corrected chi connectivity index (χ4v) is 1.34. The Kier molecular flexibility index (Phi) is 4.79. The highest BCUT2D eigenvalue weighted by molar-refractivity contribution is 7.81. The minimum Gasteiger partial charge on any atom is -0.478 e. The molecule has 0 unspecified atom stereocenters. The first kappa shape index (κ1) is 12.5. The number of carbonyl (C=O) groups is 2. The standard InChI is InChI=1S/C12H12O3S/c13-11(8-16)7-10(12(14)15)6-9-4-2-1-3-5-9/h1-5,7,16H,6,8H2,(H,14,15)/b10-7-. The van der Waals surface area contributed by atoms with Crippen molar-refractivity contribution in [3.05, 3.63) is 47.5 Å². The molecule has 0 amide bonds. The van der Waals surface area contributed by atoms with Crippen molar-refractivity contribution in [2.24, 2.45) is 0 Å². The van der Waals surface area contributed by atoms with Gasteiger partial charge in [0, 0.05) is 12.0 Å². The van der Waals surface area contributed by atoms with Gasteiger partial charge in [0.1, 0.15) is 0 Å². The summed E-state index contributed by atoms with van der Waals surface area (Å²) in [7, 11) is 0. The van der Waals surface area contributed by atoms with Crippen LogP contribution >= 0.6 is 12.6 Å². The van der Waals surface area contributed by atoms with Crippen molar-refractivity contribution in [1.29, 1.82) is 0 Å². The second-order valence-electron chi connectivity index (χ2n) is 3.26. The Morgan fingerprint density at radius 2 is 1.88 bits per heavy atom. The predicted molar refractivity (Wildman–Crippen MR) is 64.7 cm³/mol. The summed E-state index contributed by atoms with van der Waals surface area (Å²) >= 11 is 3.80. The van der Waals surface area contributed by atoms with Gasteiger partial charge < -0.3 is 5.11 Å². The van der Waals surface area contributed by atoms with E-state index in [1.807, 2.05) is 30.3 Å². The van der Waals surface area contributed by atoms with Gasteiger partial charge in [-0.1, -0.05) is 30.3 Å². The number of ketones is 1. The van der Waals surface area contributed by atoms with Gasteiger partial charge >= 0.3 is 5.97 Å². The maximum atomic E-state index is 11.1. The number of thiol groups is 1. The zero-order chi connectivity index (χ0) is 12.0. The maximum absolute atomic E-state index is 11.1. The van der Waals surface area contributed by atoms with Crippen molar-refractivity contribution in [2.75, 3.05) is 5.75 Å². The maximum Gasteiger partial charge on any atom is 0.332 e. The Bertz CT molecular complexity index is 410. The molecule has 0 aliphatic heterocycles. The second-order valence-corrected chi connectivity index (χ2v) is 3.58. The van der Waals surface area contributed by atoms with Crippen molar-refractivity contribution in [3.63, 3.8) is 0 Å². The third kappa shape index (κ3) is 3.90. The van der Waals surface area contributed by atoms with Crippen molar-refractivity contribution < 1.29 is 14.7 Å². The molecule has 0 bridgehead atoms. The lowest BCUT2D eigenvalue weighted by Gasteiger charge is -2.02. The zero-order valence-corrected chi connectivity index (χ0v) is 9.48. The number of hydrogen-bond acceptors (Lipinski definition) is 3. The van der Waals surface area contributed by atoms with Crippen LogP contribution in [0.3, 0.4) is 0 Å². The lowest BCUT2D eigenvalue weighted by atomic mass is 10.0. The highest BCUT2D eigenvalue weighted by atomic mass is 32.1. The molecule has 0 saturated carbocycles. The third-order valence-corrected chi connectivity index (χ3v) is 2.31. The second kappa shape index (κ2) is 6.12. The van der Waals surface area contributed by atoms with E-state index in [9.17, 15) is 9.59 Å². The van der Waals surface area contributed by atoms with Crippen LogP contribution in [-0.4, -0.2) is 22.6 Å². The quantitative estimate of drug-likeness (QED) is 0.605. The topological polar surface area (TPSA) is 54.4 Å². The van der Waals surface area contributed by atoms with Crippen LogP contribution in [0.25, 0.3) is 0 Å². The van der Waals surface area contributed by atoms with E-state index in [-0.39, 0.29) is 23.5 Å². The van der Waals surface area contributed by atoms with Crippen LogP contribution in [0.1, 0.15) is 5.56 Å². The van der Waals surface area contributed by atoms with E-state index in [2.05, 4.69) is 12.6 Å². The van der Waals surface area contributed by atoms with E-state index in [4.69, 9.17) is 5.11 Å². The minimum atomic E-state index is -1.07. The van der Waals surface area contributed by atoms with E-state index < -0.39 is 5.97 Å². The molecule has 0 radical (unpaired) electrons. The lowest BCUT2D eigenvalue weighted by Crippen LogP contribution is -2.07. The number of carbonyl (C=O) groups excluding carboxylic acids is 1. The summed E-state index contributed by atoms with van der Waals surface area (Å²) in [5.41, 5.74) is 0.952. The van der Waals surface area contributed by atoms with Crippen LogP contribution < -0.4 is 0 Å². The average molecular weight is 236 g/mol. The Morgan fingerprint density at radius 1 is 1.25 bits per heavy atom. The van der Waals surface area contributed by atoms with Crippen molar-refractivity contribution in [2.45, 2.75) is 6.42 Å². The van der Waals surface area contributed by atoms with E-state index in [1.54, 1.807) is 0 Å². The molecule has 0 aliphatic carbocycles. The molecule has 0 aromatic heterocycles.